The van der Waals surface area contributed by atoms with Crippen molar-refractivity contribution < 1.29 is 4.39 Å². The second-order valence-corrected chi connectivity index (χ2v) is 4.80. The van der Waals surface area contributed by atoms with Crippen LogP contribution in [0.5, 0.6) is 0 Å². The van der Waals surface area contributed by atoms with Crippen molar-refractivity contribution in [2.75, 3.05) is 12.8 Å². The van der Waals surface area contributed by atoms with Crippen molar-refractivity contribution in [1.82, 2.24) is 5.32 Å². The van der Waals surface area contributed by atoms with E-state index in [0.717, 1.165) is 18.5 Å². The minimum absolute atomic E-state index is 0.124. The van der Waals surface area contributed by atoms with Crippen LogP contribution in [0.2, 0.25) is 0 Å². The van der Waals surface area contributed by atoms with Crippen LogP contribution in [0.25, 0.3) is 0 Å². The predicted octanol–water partition coefficient (Wildman–Crippen LogP) is 2.84. The average Bonchev–Trinajstić information content (AvgIpc) is 2.71. The minimum atomic E-state index is -0.124. The van der Waals surface area contributed by atoms with Gasteiger partial charge in [-0.05, 0) is 55.8 Å². The number of nitrogens with one attached hydrogen (secondary N) is 1. The molecule has 0 spiro atoms. The Bertz CT molecular complexity index is 334. The molecular formula is C12H16FNS. The highest BCUT2D eigenvalue weighted by Gasteiger charge is 2.16. The van der Waals surface area contributed by atoms with Crippen LogP contribution in [0.15, 0.2) is 23.1 Å². The molecule has 2 rings (SSSR count). The van der Waals surface area contributed by atoms with E-state index in [1.807, 2.05) is 12.3 Å². The SMILES string of the molecule is CSc1ccc(F)cc1CC1CCCN1. The molecule has 15 heavy (non-hydrogen) atoms. The summed E-state index contributed by atoms with van der Waals surface area (Å²) in [6, 6.07) is 5.63. The fraction of sp³-hybridized carbons (Fsp3) is 0.500. The van der Waals surface area contributed by atoms with E-state index in [1.165, 1.54) is 23.8 Å². The van der Waals surface area contributed by atoms with Gasteiger partial charge in [-0.25, -0.2) is 4.39 Å². The van der Waals surface area contributed by atoms with Gasteiger partial charge in [-0.3, -0.25) is 0 Å². The molecule has 1 heterocycles. The van der Waals surface area contributed by atoms with E-state index in [2.05, 4.69) is 5.32 Å². The molecule has 1 nitrogen and oxygen atoms in total. The van der Waals surface area contributed by atoms with Gasteiger partial charge in [0.05, 0.1) is 0 Å². The van der Waals surface area contributed by atoms with Crippen molar-refractivity contribution in [2.45, 2.75) is 30.2 Å². The summed E-state index contributed by atoms with van der Waals surface area (Å²) < 4.78 is 13.1. The Balaban J connectivity index is 2.14. The molecule has 0 amide bonds. The number of rotatable bonds is 3. The molecule has 0 bridgehead atoms. The maximum absolute atomic E-state index is 13.1. The summed E-state index contributed by atoms with van der Waals surface area (Å²) in [5.41, 5.74) is 1.14. The molecule has 1 aromatic rings. The van der Waals surface area contributed by atoms with Crippen LogP contribution in [0.3, 0.4) is 0 Å². The molecular weight excluding hydrogens is 209 g/mol. The summed E-state index contributed by atoms with van der Waals surface area (Å²) in [6.45, 7) is 1.11. The van der Waals surface area contributed by atoms with Gasteiger partial charge in [0.2, 0.25) is 0 Å². The van der Waals surface area contributed by atoms with Gasteiger partial charge >= 0.3 is 0 Å². The molecule has 1 atom stereocenters. The van der Waals surface area contributed by atoms with Gasteiger partial charge in [0.15, 0.2) is 0 Å². The molecule has 1 saturated heterocycles. The van der Waals surface area contributed by atoms with Crippen LogP contribution in [0.1, 0.15) is 18.4 Å². The van der Waals surface area contributed by atoms with Crippen molar-refractivity contribution in [3.05, 3.63) is 29.6 Å². The summed E-state index contributed by atoms with van der Waals surface area (Å²) in [4.78, 5) is 1.20. The lowest BCUT2D eigenvalue weighted by atomic mass is 10.0. The van der Waals surface area contributed by atoms with E-state index in [0.29, 0.717) is 6.04 Å². The summed E-state index contributed by atoms with van der Waals surface area (Å²) >= 11 is 1.69. The Labute approximate surface area is 94.5 Å². The van der Waals surface area contributed by atoms with Crippen LogP contribution >= 0.6 is 11.8 Å². The van der Waals surface area contributed by atoms with Gasteiger partial charge in [0.25, 0.3) is 0 Å². The molecule has 82 valence electrons. The monoisotopic (exact) mass is 225 g/mol. The molecule has 0 aliphatic carbocycles. The highest BCUT2D eigenvalue weighted by Crippen LogP contribution is 2.24. The highest BCUT2D eigenvalue weighted by molar-refractivity contribution is 7.98. The van der Waals surface area contributed by atoms with E-state index in [4.69, 9.17) is 0 Å². The standard InChI is InChI=1S/C12H16FNS/c1-15-12-5-4-10(13)7-9(12)8-11-3-2-6-14-11/h4-5,7,11,14H,2-3,6,8H2,1H3. The third-order valence-corrected chi connectivity index (χ3v) is 3.71. The Morgan fingerprint density at radius 2 is 2.40 bits per heavy atom. The van der Waals surface area contributed by atoms with E-state index >= 15 is 0 Å². The zero-order valence-corrected chi connectivity index (χ0v) is 9.74. The van der Waals surface area contributed by atoms with Gasteiger partial charge in [-0.15, -0.1) is 11.8 Å². The van der Waals surface area contributed by atoms with Crippen LogP contribution in [-0.4, -0.2) is 18.8 Å². The topological polar surface area (TPSA) is 12.0 Å². The molecule has 0 radical (unpaired) electrons. The van der Waals surface area contributed by atoms with E-state index in [1.54, 1.807) is 17.8 Å². The summed E-state index contributed by atoms with van der Waals surface area (Å²) in [5, 5.41) is 3.44. The second-order valence-electron chi connectivity index (χ2n) is 3.95. The van der Waals surface area contributed by atoms with Gasteiger partial charge < -0.3 is 5.32 Å². The number of halogens is 1. The maximum Gasteiger partial charge on any atom is 0.123 e. The third-order valence-electron chi connectivity index (χ3n) is 2.87. The molecule has 1 aromatic carbocycles. The van der Waals surface area contributed by atoms with Crippen molar-refractivity contribution >= 4 is 11.8 Å². The van der Waals surface area contributed by atoms with Crippen LogP contribution < -0.4 is 5.32 Å². The summed E-state index contributed by atoms with van der Waals surface area (Å²) in [5.74, 6) is -0.124. The first kappa shape index (κ1) is 11.0. The number of thioether (sulfide) groups is 1. The third kappa shape index (κ3) is 2.73. The summed E-state index contributed by atoms with van der Waals surface area (Å²) in [6.07, 6.45) is 5.45. The molecule has 1 aliphatic heterocycles. The number of benzene rings is 1. The lowest BCUT2D eigenvalue weighted by Gasteiger charge is -2.13. The van der Waals surface area contributed by atoms with Gasteiger partial charge in [-0.2, -0.15) is 0 Å². The summed E-state index contributed by atoms with van der Waals surface area (Å²) in [7, 11) is 0. The first-order valence-electron chi connectivity index (χ1n) is 5.35. The zero-order chi connectivity index (χ0) is 10.7. The smallest absolute Gasteiger partial charge is 0.123 e. The van der Waals surface area contributed by atoms with Gasteiger partial charge in [-0.1, -0.05) is 0 Å². The molecule has 0 aromatic heterocycles. The lowest BCUT2D eigenvalue weighted by molar-refractivity contribution is 0.587. The Morgan fingerprint density at radius 3 is 3.07 bits per heavy atom. The minimum Gasteiger partial charge on any atom is -0.314 e. The van der Waals surface area contributed by atoms with Gasteiger partial charge in [0.1, 0.15) is 5.82 Å². The lowest BCUT2D eigenvalue weighted by Crippen LogP contribution is -2.23. The highest BCUT2D eigenvalue weighted by atomic mass is 32.2. The van der Waals surface area contributed by atoms with Gasteiger partial charge in [0, 0.05) is 10.9 Å². The fourth-order valence-corrected chi connectivity index (χ4v) is 2.71. The normalized spacial score (nSPS) is 20.8. The Hall–Kier alpha value is -0.540. The van der Waals surface area contributed by atoms with E-state index in [9.17, 15) is 4.39 Å². The molecule has 3 heteroatoms. The van der Waals surface area contributed by atoms with Crippen LogP contribution in [0.4, 0.5) is 4.39 Å². The Morgan fingerprint density at radius 1 is 1.53 bits per heavy atom. The van der Waals surface area contributed by atoms with Crippen molar-refractivity contribution in [3.8, 4) is 0 Å². The van der Waals surface area contributed by atoms with Crippen molar-refractivity contribution in [3.63, 3.8) is 0 Å². The van der Waals surface area contributed by atoms with E-state index < -0.39 is 0 Å². The first-order valence-corrected chi connectivity index (χ1v) is 6.58. The molecule has 1 unspecified atom stereocenters. The molecule has 1 fully saturated rings. The quantitative estimate of drug-likeness (QED) is 0.794. The number of hydrogen-bond donors (Lipinski definition) is 1. The van der Waals surface area contributed by atoms with Crippen LogP contribution in [0, 0.1) is 5.82 Å². The second kappa shape index (κ2) is 4.99. The average molecular weight is 225 g/mol. The largest absolute Gasteiger partial charge is 0.314 e. The number of hydrogen-bond acceptors (Lipinski definition) is 2. The van der Waals surface area contributed by atoms with E-state index in [-0.39, 0.29) is 5.82 Å². The molecule has 1 aliphatic rings. The Kier molecular flexibility index (Phi) is 3.65. The zero-order valence-electron chi connectivity index (χ0n) is 8.92. The maximum atomic E-state index is 13.1. The van der Waals surface area contributed by atoms with Crippen molar-refractivity contribution in [2.24, 2.45) is 0 Å². The van der Waals surface area contributed by atoms with Crippen LogP contribution in [-0.2, 0) is 6.42 Å². The van der Waals surface area contributed by atoms with Crippen molar-refractivity contribution in [1.29, 1.82) is 0 Å². The predicted molar refractivity (Wildman–Crippen MR) is 62.9 cm³/mol. The first-order chi connectivity index (χ1) is 7.29. The molecule has 0 saturated carbocycles. The molecule has 1 N–H and O–H groups in total. The fourth-order valence-electron chi connectivity index (χ4n) is 2.10.